The summed E-state index contributed by atoms with van der Waals surface area (Å²) in [6.45, 7) is 1.46. The van der Waals surface area contributed by atoms with Crippen LogP contribution in [0.3, 0.4) is 0 Å². The number of fused-ring (bicyclic) bond motifs is 1. The number of rotatable bonds is 3. The Hall–Kier alpha value is -2.62. The third kappa shape index (κ3) is 3.16. The van der Waals surface area contributed by atoms with Gasteiger partial charge in [0.25, 0.3) is 17.4 Å². The average molecular weight is 369 g/mol. The molecule has 2 amide bonds. The van der Waals surface area contributed by atoms with E-state index in [1.165, 1.54) is 19.1 Å². The van der Waals surface area contributed by atoms with E-state index >= 15 is 0 Å². The Morgan fingerprint density at radius 1 is 1.12 bits per heavy atom. The number of hydrogen-bond acceptors (Lipinski definition) is 5. The van der Waals surface area contributed by atoms with Crippen molar-refractivity contribution in [2.24, 2.45) is 0 Å². The summed E-state index contributed by atoms with van der Waals surface area (Å²) in [5, 5.41) is -1.19. The molecule has 1 aliphatic heterocycles. The summed E-state index contributed by atoms with van der Waals surface area (Å²) in [6, 6.07) is 6.56. The van der Waals surface area contributed by atoms with Gasteiger partial charge in [0.05, 0.1) is 16.5 Å². The number of aromatic amines is 1. The van der Waals surface area contributed by atoms with E-state index in [0.29, 0.717) is 17.8 Å². The standard InChI is InChI=1S/C15H10F3N3O3S/c1-7(21-12(23)8-4-2-3-5-9(8)13(21)24)25-14-19-10(15(16,17)18)6-11(22)20-14/h2-7H,1H3,(H,19,20,22). The van der Waals surface area contributed by atoms with Crippen LogP contribution >= 0.6 is 11.8 Å². The van der Waals surface area contributed by atoms with E-state index < -0.39 is 34.6 Å². The molecule has 0 saturated carbocycles. The number of amides is 2. The molecule has 0 bridgehead atoms. The highest BCUT2D eigenvalue weighted by Gasteiger charge is 2.39. The van der Waals surface area contributed by atoms with Crippen LogP contribution in [0.1, 0.15) is 33.3 Å². The first-order valence-corrected chi connectivity index (χ1v) is 7.88. The molecular formula is C15H10F3N3O3S. The Bertz CT molecular complexity index is 891. The van der Waals surface area contributed by atoms with Crippen LogP contribution < -0.4 is 5.56 Å². The Morgan fingerprint density at radius 2 is 1.68 bits per heavy atom. The van der Waals surface area contributed by atoms with Gasteiger partial charge >= 0.3 is 6.18 Å². The van der Waals surface area contributed by atoms with Gasteiger partial charge in [-0.25, -0.2) is 4.98 Å². The fraction of sp³-hybridized carbons (Fsp3) is 0.200. The number of imide groups is 1. The van der Waals surface area contributed by atoms with E-state index in [1.54, 1.807) is 12.1 Å². The Morgan fingerprint density at radius 3 is 2.20 bits per heavy atom. The monoisotopic (exact) mass is 369 g/mol. The molecule has 1 aromatic heterocycles. The lowest BCUT2D eigenvalue weighted by atomic mass is 10.1. The molecule has 0 fully saturated rings. The van der Waals surface area contributed by atoms with Gasteiger partial charge in [-0.1, -0.05) is 23.9 Å². The highest BCUT2D eigenvalue weighted by Crippen LogP contribution is 2.32. The van der Waals surface area contributed by atoms with Gasteiger partial charge in [-0.3, -0.25) is 19.3 Å². The number of aromatic nitrogens is 2. The zero-order valence-corrected chi connectivity index (χ0v) is 13.4. The molecule has 25 heavy (non-hydrogen) atoms. The molecule has 1 N–H and O–H groups in total. The van der Waals surface area contributed by atoms with Gasteiger partial charge in [0, 0.05) is 6.07 Å². The SMILES string of the molecule is CC(Sc1nc(C(F)(F)F)cc(=O)[nH]1)N1C(=O)c2ccccc2C1=O. The molecule has 6 nitrogen and oxygen atoms in total. The Balaban J connectivity index is 1.88. The lowest BCUT2D eigenvalue weighted by molar-refractivity contribution is -0.141. The number of alkyl halides is 3. The summed E-state index contributed by atoms with van der Waals surface area (Å²) in [7, 11) is 0. The van der Waals surface area contributed by atoms with Crippen molar-refractivity contribution in [1.82, 2.24) is 14.9 Å². The topological polar surface area (TPSA) is 83.1 Å². The highest BCUT2D eigenvalue weighted by atomic mass is 32.2. The first-order valence-electron chi connectivity index (χ1n) is 7.00. The summed E-state index contributed by atoms with van der Waals surface area (Å²) in [5.41, 5.74) is -1.86. The molecule has 0 spiro atoms. The molecular weight excluding hydrogens is 359 g/mol. The lowest BCUT2D eigenvalue weighted by Crippen LogP contribution is -2.36. The van der Waals surface area contributed by atoms with Gasteiger partial charge in [0.15, 0.2) is 10.9 Å². The second-order valence-electron chi connectivity index (χ2n) is 5.18. The zero-order valence-electron chi connectivity index (χ0n) is 12.6. The van der Waals surface area contributed by atoms with E-state index in [0.717, 1.165) is 4.90 Å². The van der Waals surface area contributed by atoms with Crippen LogP contribution in [0.5, 0.6) is 0 Å². The number of halogens is 3. The molecule has 2 heterocycles. The number of nitrogens with one attached hydrogen (secondary N) is 1. The largest absolute Gasteiger partial charge is 0.433 e. The lowest BCUT2D eigenvalue weighted by Gasteiger charge is -2.21. The highest BCUT2D eigenvalue weighted by molar-refractivity contribution is 7.99. The number of benzene rings is 1. The number of thioether (sulfide) groups is 1. The third-order valence-corrected chi connectivity index (χ3v) is 4.45. The van der Waals surface area contributed by atoms with Gasteiger partial charge < -0.3 is 4.98 Å². The van der Waals surface area contributed by atoms with Crippen molar-refractivity contribution in [3.8, 4) is 0 Å². The second kappa shape index (κ2) is 6.03. The van der Waals surface area contributed by atoms with Crippen LogP contribution in [-0.2, 0) is 6.18 Å². The second-order valence-corrected chi connectivity index (χ2v) is 6.48. The fourth-order valence-electron chi connectivity index (χ4n) is 2.39. The van der Waals surface area contributed by atoms with Crippen LogP contribution in [0.15, 0.2) is 40.3 Å². The smallest absolute Gasteiger partial charge is 0.301 e. The van der Waals surface area contributed by atoms with Crippen molar-refractivity contribution in [3.05, 3.63) is 57.5 Å². The van der Waals surface area contributed by atoms with Gasteiger partial charge in [-0.05, 0) is 19.1 Å². The van der Waals surface area contributed by atoms with E-state index in [4.69, 9.17) is 0 Å². The summed E-state index contributed by atoms with van der Waals surface area (Å²) in [5.74, 6) is -1.09. The number of carbonyl (C=O) groups is 2. The molecule has 1 aromatic carbocycles. The molecule has 3 rings (SSSR count). The minimum absolute atomic E-state index is 0.227. The number of nitrogens with zero attached hydrogens (tertiary/aromatic N) is 2. The van der Waals surface area contributed by atoms with Crippen molar-refractivity contribution >= 4 is 23.6 Å². The summed E-state index contributed by atoms with van der Waals surface area (Å²) < 4.78 is 38.2. The molecule has 1 atom stereocenters. The van der Waals surface area contributed by atoms with Crippen molar-refractivity contribution in [2.45, 2.75) is 23.6 Å². The van der Waals surface area contributed by atoms with Crippen molar-refractivity contribution in [2.75, 3.05) is 0 Å². The van der Waals surface area contributed by atoms with Gasteiger partial charge in [-0.15, -0.1) is 0 Å². The van der Waals surface area contributed by atoms with Gasteiger partial charge in [0.1, 0.15) is 0 Å². The molecule has 1 aliphatic rings. The first-order chi connectivity index (χ1) is 11.7. The summed E-state index contributed by atoms with van der Waals surface area (Å²) in [4.78, 5) is 42.6. The maximum Gasteiger partial charge on any atom is 0.433 e. The minimum Gasteiger partial charge on any atom is -0.301 e. The van der Waals surface area contributed by atoms with Crippen LogP contribution in [0.25, 0.3) is 0 Å². The Kier molecular flexibility index (Phi) is 4.15. The molecule has 0 radical (unpaired) electrons. The maximum atomic E-state index is 12.7. The normalized spacial score (nSPS) is 15.4. The van der Waals surface area contributed by atoms with E-state index in [1.807, 2.05) is 0 Å². The van der Waals surface area contributed by atoms with Crippen LogP contribution in [0, 0.1) is 0 Å². The van der Waals surface area contributed by atoms with Gasteiger partial charge in [0.2, 0.25) is 0 Å². The average Bonchev–Trinajstić information content (AvgIpc) is 2.78. The van der Waals surface area contributed by atoms with Crippen LogP contribution in [0.4, 0.5) is 13.2 Å². The Labute approximate surface area is 143 Å². The van der Waals surface area contributed by atoms with Crippen molar-refractivity contribution in [3.63, 3.8) is 0 Å². The van der Waals surface area contributed by atoms with E-state index in [2.05, 4.69) is 9.97 Å². The van der Waals surface area contributed by atoms with Crippen molar-refractivity contribution in [1.29, 1.82) is 0 Å². The number of hydrogen-bond donors (Lipinski definition) is 1. The number of H-pyrrole nitrogens is 1. The third-order valence-electron chi connectivity index (χ3n) is 3.48. The van der Waals surface area contributed by atoms with Crippen LogP contribution in [-0.4, -0.2) is 32.1 Å². The zero-order chi connectivity index (χ0) is 18.4. The summed E-state index contributed by atoms with van der Waals surface area (Å²) in [6.07, 6.45) is -4.78. The van der Waals surface area contributed by atoms with Gasteiger partial charge in [-0.2, -0.15) is 13.2 Å². The van der Waals surface area contributed by atoms with E-state index in [9.17, 15) is 27.6 Å². The molecule has 0 saturated heterocycles. The first kappa shape index (κ1) is 17.2. The molecule has 2 aromatic rings. The van der Waals surface area contributed by atoms with Crippen molar-refractivity contribution < 1.29 is 22.8 Å². The molecule has 130 valence electrons. The predicted octanol–water partition coefficient (Wildman–Crippen LogP) is 2.52. The molecule has 1 unspecified atom stereocenters. The van der Waals surface area contributed by atoms with Crippen LogP contribution in [0.2, 0.25) is 0 Å². The summed E-state index contributed by atoms with van der Waals surface area (Å²) >= 11 is 0.681. The quantitative estimate of drug-likeness (QED) is 0.511. The molecule has 10 heteroatoms. The van der Waals surface area contributed by atoms with E-state index in [-0.39, 0.29) is 16.3 Å². The molecule has 0 aliphatic carbocycles. The fourth-order valence-corrected chi connectivity index (χ4v) is 3.32. The number of carbonyl (C=O) groups excluding carboxylic acids is 2. The minimum atomic E-state index is -4.78. The maximum absolute atomic E-state index is 12.7. The predicted molar refractivity (Wildman–Crippen MR) is 82.1 cm³/mol.